The molecule has 1 amide bonds. The number of esters is 1. The largest absolute Gasteiger partial charge is 0.464 e. The maximum atomic E-state index is 11.4. The van der Waals surface area contributed by atoms with Crippen molar-refractivity contribution >= 4 is 23.6 Å². The molecule has 0 aromatic rings. The molecule has 0 saturated carbocycles. The number of carbonyl (C=O) groups is 2. The zero-order valence-corrected chi connectivity index (χ0v) is 8.89. The summed E-state index contributed by atoms with van der Waals surface area (Å²) in [6, 6.07) is 0. The lowest BCUT2D eigenvalue weighted by atomic mass is 10.1. The Morgan fingerprint density at radius 3 is 2.93 bits per heavy atom. The molecule has 0 radical (unpaired) electrons. The van der Waals surface area contributed by atoms with Crippen LogP contribution in [0.2, 0.25) is 0 Å². The van der Waals surface area contributed by atoms with Gasteiger partial charge in [-0.15, -0.1) is 11.8 Å². The molecule has 2 aliphatic rings. The minimum Gasteiger partial charge on any atom is -0.464 e. The zero-order chi connectivity index (χ0) is 10.3. The molecule has 1 saturated heterocycles. The van der Waals surface area contributed by atoms with Gasteiger partial charge in [0.15, 0.2) is 0 Å². The molecular weight excluding hydrogens is 202 g/mol. The number of fused-ring (bicyclic) bond motifs is 1. The van der Waals surface area contributed by atoms with E-state index in [9.17, 15) is 9.59 Å². The second-order valence-electron chi connectivity index (χ2n) is 3.16. The van der Waals surface area contributed by atoms with E-state index in [0.717, 1.165) is 11.3 Å². The SMILES string of the molecule is CCC1=C(C(=O)OC)N2C(=O)CC2S1. The van der Waals surface area contributed by atoms with E-state index in [1.165, 1.54) is 7.11 Å². The summed E-state index contributed by atoms with van der Waals surface area (Å²) < 4.78 is 4.66. The molecule has 1 fully saturated rings. The fourth-order valence-corrected chi connectivity index (χ4v) is 3.01. The number of nitrogens with zero attached hydrogens (tertiary/aromatic N) is 1. The van der Waals surface area contributed by atoms with Gasteiger partial charge < -0.3 is 4.74 Å². The molecule has 2 rings (SSSR count). The van der Waals surface area contributed by atoms with Crippen LogP contribution in [0.5, 0.6) is 0 Å². The number of methoxy groups -OCH3 is 1. The predicted octanol–water partition coefficient (Wildman–Crippen LogP) is 1.09. The third-order valence-electron chi connectivity index (χ3n) is 2.39. The minimum absolute atomic E-state index is 0.0198. The van der Waals surface area contributed by atoms with Gasteiger partial charge in [-0.2, -0.15) is 0 Å². The van der Waals surface area contributed by atoms with Crippen LogP contribution in [0.25, 0.3) is 0 Å². The Kier molecular flexibility index (Phi) is 2.26. The average molecular weight is 213 g/mol. The van der Waals surface area contributed by atoms with Crippen LogP contribution >= 0.6 is 11.8 Å². The van der Waals surface area contributed by atoms with Crippen LogP contribution in [0.3, 0.4) is 0 Å². The zero-order valence-electron chi connectivity index (χ0n) is 8.07. The van der Waals surface area contributed by atoms with Crippen molar-refractivity contribution in [3.63, 3.8) is 0 Å². The van der Waals surface area contributed by atoms with Crippen molar-refractivity contribution in [2.75, 3.05) is 7.11 Å². The molecule has 0 N–H and O–H groups in total. The summed E-state index contributed by atoms with van der Waals surface area (Å²) in [5.74, 6) is -0.378. The van der Waals surface area contributed by atoms with Gasteiger partial charge in [-0.3, -0.25) is 9.69 Å². The number of carbonyl (C=O) groups excluding carboxylic acids is 2. The Balaban J connectivity index is 2.31. The summed E-state index contributed by atoms with van der Waals surface area (Å²) in [5.41, 5.74) is 0.459. The molecule has 76 valence electrons. The highest BCUT2D eigenvalue weighted by Crippen LogP contribution is 2.47. The average Bonchev–Trinajstić information content (AvgIpc) is 2.49. The molecular formula is C9H11NO3S. The predicted molar refractivity (Wildman–Crippen MR) is 52.2 cm³/mol. The van der Waals surface area contributed by atoms with Gasteiger partial charge in [0.05, 0.1) is 18.9 Å². The second-order valence-corrected chi connectivity index (χ2v) is 4.43. The maximum Gasteiger partial charge on any atom is 0.355 e. The summed E-state index contributed by atoms with van der Waals surface area (Å²) >= 11 is 1.60. The van der Waals surface area contributed by atoms with E-state index < -0.39 is 5.97 Å². The number of β-lactam (4-membered cyclic amide) rings is 1. The fourth-order valence-electron chi connectivity index (χ4n) is 1.66. The van der Waals surface area contributed by atoms with Gasteiger partial charge in [0.25, 0.3) is 0 Å². The lowest BCUT2D eigenvalue weighted by Gasteiger charge is -2.34. The first-order valence-electron chi connectivity index (χ1n) is 4.49. The standard InChI is InChI=1S/C9H11NO3S/c1-3-5-8(9(12)13-2)10-6(11)4-7(10)14-5/h7H,3-4H2,1-2H3. The highest BCUT2D eigenvalue weighted by atomic mass is 32.2. The first-order valence-corrected chi connectivity index (χ1v) is 5.37. The van der Waals surface area contributed by atoms with Crippen molar-refractivity contribution < 1.29 is 14.3 Å². The molecule has 0 aromatic carbocycles. The van der Waals surface area contributed by atoms with Crippen LogP contribution in [0, 0.1) is 0 Å². The van der Waals surface area contributed by atoms with Crippen LogP contribution in [0.1, 0.15) is 19.8 Å². The first kappa shape index (κ1) is 9.58. The van der Waals surface area contributed by atoms with Crippen LogP contribution in [-0.4, -0.2) is 29.3 Å². The normalized spacial score (nSPS) is 24.9. The van der Waals surface area contributed by atoms with E-state index in [4.69, 9.17) is 0 Å². The van der Waals surface area contributed by atoms with Gasteiger partial charge in [-0.25, -0.2) is 4.79 Å². The third kappa shape index (κ3) is 1.15. The van der Waals surface area contributed by atoms with E-state index in [2.05, 4.69) is 4.74 Å². The Bertz CT molecular complexity index is 337. The minimum atomic E-state index is -0.398. The lowest BCUT2D eigenvalue weighted by molar-refractivity contribution is -0.147. The molecule has 0 aliphatic carbocycles. The Morgan fingerprint density at radius 2 is 2.43 bits per heavy atom. The summed E-state index contributed by atoms with van der Waals surface area (Å²) in [4.78, 5) is 25.2. The molecule has 5 heteroatoms. The van der Waals surface area contributed by atoms with Gasteiger partial charge in [0, 0.05) is 4.91 Å². The topological polar surface area (TPSA) is 46.6 Å². The molecule has 0 spiro atoms. The van der Waals surface area contributed by atoms with Crippen molar-refractivity contribution in [2.45, 2.75) is 25.1 Å². The van der Waals surface area contributed by atoms with E-state index in [1.807, 2.05) is 6.92 Å². The van der Waals surface area contributed by atoms with Gasteiger partial charge in [-0.1, -0.05) is 6.92 Å². The van der Waals surface area contributed by atoms with Crippen LogP contribution in [0.4, 0.5) is 0 Å². The van der Waals surface area contributed by atoms with Crippen LogP contribution in [-0.2, 0) is 14.3 Å². The van der Waals surface area contributed by atoms with E-state index in [1.54, 1.807) is 16.7 Å². The molecule has 1 unspecified atom stereocenters. The molecule has 4 nitrogen and oxygen atoms in total. The Hall–Kier alpha value is -0.970. The van der Waals surface area contributed by atoms with E-state index >= 15 is 0 Å². The summed E-state index contributed by atoms with van der Waals surface area (Å²) in [7, 11) is 1.34. The smallest absolute Gasteiger partial charge is 0.355 e. The third-order valence-corrected chi connectivity index (χ3v) is 3.81. The number of amides is 1. The maximum absolute atomic E-state index is 11.4. The molecule has 14 heavy (non-hydrogen) atoms. The second kappa shape index (κ2) is 3.31. The van der Waals surface area contributed by atoms with E-state index in [-0.39, 0.29) is 11.3 Å². The quantitative estimate of drug-likeness (QED) is 0.509. The number of rotatable bonds is 2. The van der Waals surface area contributed by atoms with Crippen molar-refractivity contribution in [3.05, 3.63) is 10.6 Å². The lowest BCUT2D eigenvalue weighted by Crippen LogP contribution is -2.48. The fraction of sp³-hybridized carbons (Fsp3) is 0.556. The molecule has 0 bridgehead atoms. The van der Waals surface area contributed by atoms with Gasteiger partial charge in [0.1, 0.15) is 5.70 Å². The number of allylic oxidation sites excluding steroid dienone is 1. The van der Waals surface area contributed by atoms with Gasteiger partial charge >= 0.3 is 5.97 Å². The molecule has 0 aromatic heterocycles. The Morgan fingerprint density at radius 1 is 1.71 bits per heavy atom. The van der Waals surface area contributed by atoms with Crippen LogP contribution < -0.4 is 0 Å². The highest BCUT2D eigenvalue weighted by Gasteiger charge is 2.48. The summed E-state index contributed by atoms with van der Waals surface area (Å²) in [5, 5.41) is 0.145. The van der Waals surface area contributed by atoms with Crippen molar-refractivity contribution in [1.29, 1.82) is 0 Å². The summed E-state index contributed by atoms with van der Waals surface area (Å²) in [6.45, 7) is 1.97. The number of hydrogen-bond acceptors (Lipinski definition) is 4. The van der Waals surface area contributed by atoms with E-state index in [0.29, 0.717) is 12.1 Å². The first-order chi connectivity index (χ1) is 6.69. The molecule has 1 atom stereocenters. The number of hydrogen-bond donors (Lipinski definition) is 0. The van der Waals surface area contributed by atoms with Crippen molar-refractivity contribution in [3.8, 4) is 0 Å². The van der Waals surface area contributed by atoms with Crippen LogP contribution in [0.15, 0.2) is 10.6 Å². The monoisotopic (exact) mass is 213 g/mol. The van der Waals surface area contributed by atoms with Gasteiger partial charge in [0.2, 0.25) is 5.91 Å². The van der Waals surface area contributed by atoms with Crippen molar-refractivity contribution in [1.82, 2.24) is 4.90 Å². The summed E-state index contributed by atoms with van der Waals surface area (Å²) in [6.07, 6.45) is 1.31. The molecule has 2 heterocycles. The number of thioether (sulfide) groups is 1. The number of ether oxygens (including phenoxy) is 1. The Labute approximate surface area is 86.3 Å². The molecule has 2 aliphatic heterocycles. The highest BCUT2D eigenvalue weighted by molar-refractivity contribution is 8.04. The van der Waals surface area contributed by atoms with Gasteiger partial charge in [-0.05, 0) is 6.42 Å². The van der Waals surface area contributed by atoms with Crippen molar-refractivity contribution in [2.24, 2.45) is 0 Å².